The number of nitrogens with zero attached hydrogens (tertiary/aromatic N) is 5. The Bertz CT molecular complexity index is 1400. The molecule has 5 atom stereocenters. The number of carbonyl (C=O) groups excluding carboxylic acids is 2. The van der Waals surface area contributed by atoms with Gasteiger partial charge in [-0.3, -0.25) is 19.2 Å². The predicted molar refractivity (Wildman–Crippen MR) is 149 cm³/mol. The summed E-state index contributed by atoms with van der Waals surface area (Å²) in [5.74, 6) is 0.924. The number of nitrogens with one attached hydrogen (secondary N) is 2. The van der Waals surface area contributed by atoms with E-state index in [0.29, 0.717) is 56.7 Å². The second-order valence-corrected chi connectivity index (χ2v) is 11.2. The van der Waals surface area contributed by atoms with E-state index in [1.807, 2.05) is 48.1 Å². The fourth-order valence-electron chi connectivity index (χ4n) is 5.99. The molecule has 3 aromatic rings. The van der Waals surface area contributed by atoms with Crippen molar-refractivity contribution in [2.24, 2.45) is 14.1 Å². The maximum Gasteiger partial charge on any atom is 0.255 e. The normalized spacial score (nSPS) is 27.5. The number of aliphatic hydroxyl groups excluding tert-OH is 1. The minimum Gasteiger partial charge on any atom is -0.493 e. The molecule has 1 aromatic carbocycles. The van der Waals surface area contributed by atoms with E-state index < -0.39 is 18.2 Å². The fraction of sp³-hybridized carbons (Fsp3) is 0.517. The summed E-state index contributed by atoms with van der Waals surface area (Å²) in [5.41, 5.74) is 2.26. The van der Waals surface area contributed by atoms with Crippen LogP contribution >= 0.6 is 0 Å². The van der Waals surface area contributed by atoms with E-state index >= 15 is 0 Å². The minimum atomic E-state index is -0.645. The van der Waals surface area contributed by atoms with Gasteiger partial charge in [0.2, 0.25) is 5.91 Å². The number of carbonyl (C=O) groups is 2. The third-order valence-electron chi connectivity index (χ3n) is 8.33. The maximum absolute atomic E-state index is 13.6. The molecule has 41 heavy (non-hydrogen) atoms. The van der Waals surface area contributed by atoms with Crippen molar-refractivity contribution in [3.05, 3.63) is 54.4 Å². The Morgan fingerprint density at radius 2 is 2.02 bits per heavy atom. The summed E-state index contributed by atoms with van der Waals surface area (Å²) in [6.07, 6.45) is 8.36. The van der Waals surface area contributed by atoms with Gasteiger partial charge in [0.1, 0.15) is 17.7 Å². The number of aromatic nitrogens is 4. The van der Waals surface area contributed by atoms with E-state index in [4.69, 9.17) is 9.47 Å². The topological polar surface area (TPSA) is 136 Å². The third-order valence-corrected chi connectivity index (χ3v) is 8.33. The number of hydrogen-bond donors (Lipinski definition) is 3. The molecule has 218 valence electrons. The fourth-order valence-corrected chi connectivity index (χ4v) is 5.99. The van der Waals surface area contributed by atoms with E-state index in [0.717, 1.165) is 17.0 Å². The van der Waals surface area contributed by atoms with Crippen molar-refractivity contribution < 1.29 is 24.2 Å². The van der Waals surface area contributed by atoms with Crippen molar-refractivity contribution in [3.8, 4) is 16.9 Å². The molecule has 5 heterocycles. The Hall–Kier alpha value is -3.74. The molecule has 0 saturated carbocycles. The first kappa shape index (κ1) is 27.4. The van der Waals surface area contributed by atoms with Crippen molar-refractivity contribution in [2.45, 2.75) is 62.6 Å². The lowest BCUT2D eigenvalue weighted by molar-refractivity contribution is -0.133. The molecule has 0 radical (unpaired) electrons. The van der Waals surface area contributed by atoms with Gasteiger partial charge in [-0.05, 0) is 37.0 Å². The standard InChI is InChI=1S/C29H37N7O5/c1-34-9-8-30-27(34)17-36-16-20-12-23(36)29(39)31-14-26-24(37)6-4-21(41-26)7-10-40-25-11-18(19-13-32-35(2)15-19)3-5-22(25)28(38)33-20/h3,5,8-9,11,13,15,20-21,23-24,26,37H,4,6-7,10,12,14,16-17H2,1-2H3,(H,31,39)(H,33,38)/t20-,21-,23-,24-,26+/m0/s1. The van der Waals surface area contributed by atoms with E-state index in [1.54, 1.807) is 23.1 Å². The van der Waals surface area contributed by atoms with Crippen LogP contribution in [0, 0.1) is 0 Å². The van der Waals surface area contributed by atoms with Crippen LogP contribution < -0.4 is 15.4 Å². The first-order valence-electron chi connectivity index (χ1n) is 14.2. The molecular weight excluding hydrogens is 526 g/mol. The van der Waals surface area contributed by atoms with Gasteiger partial charge in [-0.1, -0.05) is 6.07 Å². The molecule has 4 bridgehead atoms. The first-order valence-corrected chi connectivity index (χ1v) is 14.2. The Balaban J connectivity index is 1.29. The van der Waals surface area contributed by atoms with Crippen molar-refractivity contribution in [1.82, 2.24) is 34.9 Å². The largest absolute Gasteiger partial charge is 0.493 e. The molecule has 0 spiro atoms. The van der Waals surface area contributed by atoms with Gasteiger partial charge in [-0.2, -0.15) is 5.10 Å². The number of likely N-dealkylation sites (tertiary alicyclic amines) is 1. The zero-order valence-corrected chi connectivity index (χ0v) is 23.4. The second-order valence-electron chi connectivity index (χ2n) is 11.2. The summed E-state index contributed by atoms with van der Waals surface area (Å²) in [7, 11) is 3.78. The van der Waals surface area contributed by atoms with Gasteiger partial charge in [0.25, 0.3) is 5.91 Å². The summed E-state index contributed by atoms with van der Waals surface area (Å²) in [5, 5.41) is 21.0. The van der Waals surface area contributed by atoms with Crippen molar-refractivity contribution in [1.29, 1.82) is 0 Å². The lowest BCUT2D eigenvalue weighted by Gasteiger charge is -2.34. The molecule has 2 fully saturated rings. The Morgan fingerprint density at radius 3 is 2.80 bits per heavy atom. The van der Waals surface area contributed by atoms with Crippen LogP contribution in [0.3, 0.4) is 0 Å². The van der Waals surface area contributed by atoms with Crippen LogP contribution in [0.5, 0.6) is 5.75 Å². The smallest absolute Gasteiger partial charge is 0.255 e. The molecule has 6 rings (SSSR count). The zero-order chi connectivity index (χ0) is 28.5. The summed E-state index contributed by atoms with van der Waals surface area (Å²) < 4.78 is 16.1. The molecule has 2 aromatic heterocycles. The summed E-state index contributed by atoms with van der Waals surface area (Å²) >= 11 is 0. The molecular formula is C29H37N7O5. The molecule has 3 aliphatic rings. The number of imidazole rings is 1. The summed E-state index contributed by atoms with van der Waals surface area (Å²) in [4.78, 5) is 33.5. The van der Waals surface area contributed by atoms with Crippen LogP contribution in [0.15, 0.2) is 43.0 Å². The number of aryl methyl sites for hydroxylation is 2. The average Bonchev–Trinajstić information content (AvgIpc) is 3.68. The number of fused-ring (bicyclic) bond motifs is 5. The van der Waals surface area contributed by atoms with Crippen LogP contribution in [0.1, 0.15) is 41.9 Å². The van der Waals surface area contributed by atoms with Gasteiger partial charge in [0.15, 0.2) is 0 Å². The highest BCUT2D eigenvalue weighted by Gasteiger charge is 2.39. The molecule has 12 nitrogen and oxygen atoms in total. The Kier molecular flexibility index (Phi) is 7.78. The predicted octanol–water partition coefficient (Wildman–Crippen LogP) is 1.00. The molecule has 0 aliphatic carbocycles. The van der Waals surface area contributed by atoms with Gasteiger partial charge < -0.3 is 29.8 Å². The molecule has 3 aliphatic heterocycles. The highest BCUT2D eigenvalue weighted by molar-refractivity contribution is 5.98. The molecule has 12 heteroatoms. The van der Waals surface area contributed by atoms with Gasteiger partial charge in [-0.15, -0.1) is 0 Å². The highest BCUT2D eigenvalue weighted by Crippen LogP contribution is 2.30. The minimum absolute atomic E-state index is 0.122. The van der Waals surface area contributed by atoms with E-state index in [9.17, 15) is 14.7 Å². The lowest BCUT2D eigenvalue weighted by atomic mass is 9.99. The van der Waals surface area contributed by atoms with Crippen LogP contribution in [-0.2, 0) is 30.2 Å². The molecule has 2 saturated heterocycles. The number of ether oxygens (including phenoxy) is 2. The maximum atomic E-state index is 13.6. The monoisotopic (exact) mass is 563 g/mol. The Morgan fingerprint density at radius 1 is 1.15 bits per heavy atom. The quantitative estimate of drug-likeness (QED) is 0.430. The highest BCUT2D eigenvalue weighted by atomic mass is 16.5. The van der Waals surface area contributed by atoms with E-state index in [-0.39, 0.29) is 30.5 Å². The number of rotatable bonds is 3. The van der Waals surface area contributed by atoms with Crippen molar-refractivity contribution in [3.63, 3.8) is 0 Å². The van der Waals surface area contributed by atoms with Crippen LogP contribution in [-0.4, -0.2) is 91.2 Å². The first-order chi connectivity index (χ1) is 19.8. The molecule has 2 amide bonds. The number of aliphatic hydroxyl groups is 1. The third kappa shape index (κ3) is 5.99. The second kappa shape index (κ2) is 11.6. The van der Waals surface area contributed by atoms with Crippen LogP contribution in [0.2, 0.25) is 0 Å². The van der Waals surface area contributed by atoms with Crippen LogP contribution in [0.25, 0.3) is 11.1 Å². The Labute approximate surface area is 238 Å². The number of hydrogen-bond acceptors (Lipinski definition) is 8. The van der Waals surface area contributed by atoms with Gasteiger partial charge >= 0.3 is 0 Å². The van der Waals surface area contributed by atoms with Crippen molar-refractivity contribution in [2.75, 3.05) is 19.7 Å². The van der Waals surface area contributed by atoms with Crippen molar-refractivity contribution >= 4 is 11.8 Å². The van der Waals surface area contributed by atoms with Crippen LogP contribution in [0.4, 0.5) is 0 Å². The number of amides is 2. The summed E-state index contributed by atoms with van der Waals surface area (Å²) in [6.45, 7) is 1.52. The average molecular weight is 564 g/mol. The molecule has 0 unspecified atom stereocenters. The SMILES string of the molecule is Cn1cc(-c2ccc3c(c2)OCC[C@@H]2CC[C@H](O)[C@@H](CNC(=O)[C@@H]4C[C@@H](CN4Cc4nccn4C)NC3=O)O2)cn1. The summed E-state index contributed by atoms with van der Waals surface area (Å²) in [6, 6.07) is 4.83. The van der Waals surface area contributed by atoms with E-state index in [2.05, 4.69) is 20.7 Å². The van der Waals surface area contributed by atoms with E-state index in [1.165, 1.54) is 0 Å². The molecule has 3 N–H and O–H groups in total. The van der Waals surface area contributed by atoms with Gasteiger partial charge in [0.05, 0.1) is 43.2 Å². The van der Waals surface area contributed by atoms with Gasteiger partial charge in [-0.25, -0.2) is 4.98 Å². The lowest BCUT2D eigenvalue weighted by Crippen LogP contribution is -2.50. The van der Waals surface area contributed by atoms with Gasteiger partial charge in [0, 0.05) is 63.8 Å². The number of benzene rings is 1. The zero-order valence-electron chi connectivity index (χ0n) is 23.4.